The molecule has 0 fully saturated rings. The third kappa shape index (κ3) is 4.59. The molecule has 0 unspecified atom stereocenters. The van der Waals surface area contributed by atoms with Crippen molar-refractivity contribution in [2.24, 2.45) is 0 Å². The fourth-order valence-electron chi connectivity index (χ4n) is 3.22. The lowest BCUT2D eigenvalue weighted by Crippen LogP contribution is -2.34. The number of halogens is 4. The van der Waals surface area contributed by atoms with Crippen molar-refractivity contribution in [2.45, 2.75) is 19.5 Å². The Morgan fingerprint density at radius 3 is 2.40 bits per heavy atom. The van der Waals surface area contributed by atoms with E-state index in [2.05, 4.69) is 0 Å². The third-order valence-corrected chi connectivity index (χ3v) is 4.91. The van der Waals surface area contributed by atoms with Crippen molar-refractivity contribution in [2.75, 3.05) is 13.7 Å². The van der Waals surface area contributed by atoms with Crippen molar-refractivity contribution in [1.29, 1.82) is 0 Å². The number of hydrogen-bond donors (Lipinski definition) is 1. The summed E-state index contributed by atoms with van der Waals surface area (Å²) in [6.45, 7) is 0.225. The molecule has 158 valence electrons. The van der Waals surface area contributed by atoms with Crippen molar-refractivity contribution < 1.29 is 27.5 Å². The maximum Gasteiger partial charge on any atom is 0.405 e. The molecule has 3 rings (SSSR count). The fourth-order valence-corrected chi connectivity index (χ4v) is 3.34. The minimum Gasteiger partial charge on any atom is -0.497 e. The van der Waals surface area contributed by atoms with E-state index in [9.17, 15) is 22.8 Å². The van der Waals surface area contributed by atoms with E-state index < -0.39 is 18.6 Å². The van der Waals surface area contributed by atoms with Crippen molar-refractivity contribution >= 4 is 34.3 Å². The Morgan fingerprint density at radius 1 is 1.13 bits per heavy atom. The van der Waals surface area contributed by atoms with Gasteiger partial charge in [-0.15, -0.1) is 0 Å². The first-order chi connectivity index (χ1) is 14.1. The van der Waals surface area contributed by atoms with Crippen LogP contribution in [-0.2, 0) is 11.2 Å². The van der Waals surface area contributed by atoms with E-state index in [-0.39, 0.29) is 12.3 Å². The molecule has 9 heteroatoms. The molecular formula is C21H18ClF3N2O3. The number of aromatic nitrogens is 1. The summed E-state index contributed by atoms with van der Waals surface area (Å²) in [5.74, 6) is -0.645. The number of hydrogen-bond acceptors (Lipinski definition) is 3. The number of alkyl halides is 3. The molecule has 0 bridgehead atoms. The Bertz CT molecular complexity index is 1110. The van der Waals surface area contributed by atoms with Crippen LogP contribution in [-0.4, -0.2) is 36.2 Å². The second-order valence-electron chi connectivity index (χ2n) is 6.66. The number of carbonyl (C=O) groups excluding carboxylic acids is 2. The molecule has 0 aliphatic carbocycles. The van der Waals surface area contributed by atoms with Gasteiger partial charge in [0.1, 0.15) is 12.3 Å². The van der Waals surface area contributed by atoms with Crippen LogP contribution in [0.1, 0.15) is 21.6 Å². The molecule has 30 heavy (non-hydrogen) atoms. The Balaban J connectivity index is 2.06. The minimum atomic E-state index is -4.51. The zero-order valence-corrected chi connectivity index (χ0v) is 16.9. The standard InChI is InChI=1S/C21H18ClF3N2O3/c1-12-16(10-19(28)26-11-21(23,24)25)17-9-15(30-2)7-8-18(17)27(12)20(29)13-3-5-14(22)6-4-13/h3-9H,10-11H2,1-2H3,(H,26,28). The van der Waals surface area contributed by atoms with Crippen molar-refractivity contribution in [3.8, 4) is 5.75 Å². The number of benzene rings is 2. The fraction of sp³-hybridized carbons (Fsp3) is 0.238. The molecule has 0 radical (unpaired) electrons. The summed E-state index contributed by atoms with van der Waals surface area (Å²) < 4.78 is 43.9. The van der Waals surface area contributed by atoms with E-state index in [0.717, 1.165) is 0 Å². The van der Waals surface area contributed by atoms with Crippen LogP contribution >= 0.6 is 11.6 Å². The summed E-state index contributed by atoms with van der Waals surface area (Å²) in [6, 6.07) is 11.3. The zero-order valence-electron chi connectivity index (χ0n) is 16.1. The highest BCUT2D eigenvalue weighted by Crippen LogP contribution is 2.31. The summed E-state index contributed by atoms with van der Waals surface area (Å²) in [4.78, 5) is 25.3. The molecular weight excluding hydrogens is 421 g/mol. The molecule has 1 heterocycles. The normalized spacial score (nSPS) is 11.5. The third-order valence-electron chi connectivity index (χ3n) is 4.66. The number of rotatable bonds is 5. The molecule has 2 aromatic carbocycles. The number of nitrogens with zero attached hydrogens (tertiary/aromatic N) is 1. The first-order valence-corrected chi connectivity index (χ1v) is 9.30. The molecule has 5 nitrogen and oxygen atoms in total. The molecule has 0 atom stereocenters. The van der Waals surface area contributed by atoms with Crippen LogP contribution in [0.2, 0.25) is 5.02 Å². The van der Waals surface area contributed by atoms with E-state index in [1.54, 1.807) is 49.4 Å². The number of nitrogens with one attached hydrogen (secondary N) is 1. The molecule has 0 saturated carbocycles. The number of carbonyl (C=O) groups is 2. The highest BCUT2D eigenvalue weighted by atomic mass is 35.5. The van der Waals surface area contributed by atoms with Crippen LogP contribution in [0.3, 0.4) is 0 Å². The lowest BCUT2D eigenvalue weighted by molar-refractivity contribution is -0.138. The molecule has 1 aromatic heterocycles. The summed E-state index contributed by atoms with van der Waals surface area (Å²) >= 11 is 5.89. The van der Waals surface area contributed by atoms with Crippen molar-refractivity contribution in [3.05, 3.63) is 64.3 Å². The average molecular weight is 439 g/mol. The highest BCUT2D eigenvalue weighted by molar-refractivity contribution is 6.30. The van der Waals surface area contributed by atoms with E-state index in [1.807, 2.05) is 5.32 Å². The lowest BCUT2D eigenvalue weighted by atomic mass is 10.1. The zero-order chi connectivity index (χ0) is 22.1. The topological polar surface area (TPSA) is 60.3 Å². The molecule has 0 aliphatic heterocycles. The second kappa shape index (κ2) is 8.39. The Morgan fingerprint density at radius 2 is 1.80 bits per heavy atom. The van der Waals surface area contributed by atoms with Gasteiger partial charge in [-0.3, -0.25) is 14.2 Å². The Kier molecular flexibility index (Phi) is 6.07. The maximum atomic E-state index is 13.1. The minimum absolute atomic E-state index is 0.313. The molecule has 0 saturated heterocycles. The van der Waals surface area contributed by atoms with Gasteiger partial charge in [-0.05, 0) is 55.0 Å². The quantitative estimate of drug-likeness (QED) is 0.637. The van der Waals surface area contributed by atoms with Crippen LogP contribution < -0.4 is 10.1 Å². The summed E-state index contributed by atoms with van der Waals surface area (Å²) in [5.41, 5.74) is 1.81. The molecule has 0 spiro atoms. The Labute approximate surface area is 175 Å². The van der Waals surface area contributed by atoms with E-state index in [1.165, 1.54) is 11.7 Å². The molecule has 0 aliphatic rings. The number of fused-ring (bicyclic) bond motifs is 1. The smallest absolute Gasteiger partial charge is 0.405 e. The largest absolute Gasteiger partial charge is 0.497 e. The van der Waals surface area contributed by atoms with Crippen LogP contribution in [0, 0.1) is 6.92 Å². The monoisotopic (exact) mass is 438 g/mol. The number of methoxy groups -OCH3 is 1. The summed E-state index contributed by atoms with van der Waals surface area (Å²) in [7, 11) is 1.47. The summed E-state index contributed by atoms with van der Waals surface area (Å²) in [6.07, 6.45) is -4.82. The predicted octanol–water partition coefficient (Wildman–Crippen LogP) is 4.52. The Hall–Kier alpha value is -3.00. The van der Waals surface area contributed by atoms with Crippen LogP contribution in [0.5, 0.6) is 5.75 Å². The number of ether oxygens (including phenoxy) is 1. The van der Waals surface area contributed by atoms with Gasteiger partial charge in [0.05, 0.1) is 19.0 Å². The van der Waals surface area contributed by atoms with Crippen LogP contribution in [0.15, 0.2) is 42.5 Å². The van der Waals surface area contributed by atoms with Gasteiger partial charge in [-0.2, -0.15) is 13.2 Å². The highest BCUT2D eigenvalue weighted by Gasteiger charge is 2.28. The lowest BCUT2D eigenvalue weighted by Gasteiger charge is -2.09. The van der Waals surface area contributed by atoms with Gasteiger partial charge < -0.3 is 10.1 Å². The summed E-state index contributed by atoms with van der Waals surface area (Å²) in [5, 5.41) is 2.90. The number of amides is 1. The van der Waals surface area contributed by atoms with Gasteiger partial charge in [0.15, 0.2) is 0 Å². The van der Waals surface area contributed by atoms with E-state index in [0.29, 0.717) is 38.5 Å². The van der Waals surface area contributed by atoms with E-state index >= 15 is 0 Å². The molecule has 1 amide bonds. The first-order valence-electron chi connectivity index (χ1n) is 8.92. The van der Waals surface area contributed by atoms with Gasteiger partial charge in [-0.1, -0.05) is 11.6 Å². The van der Waals surface area contributed by atoms with E-state index in [4.69, 9.17) is 16.3 Å². The molecule has 3 aromatic rings. The van der Waals surface area contributed by atoms with Gasteiger partial charge in [-0.25, -0.2) is 0 Å². The van der Waals surface area contributed by atoms with Gasteiger partial charge in [0, 0.05) is 21.7 Å². The second-order valence-corrected chi connectivity index (χ2v) is 7.10. The van der Waals surface area contributed by atoms with Crippen molar-refractivity contribution in [3.63, 3.8) is 0 Å². The molecule has 1 N–H and O–H groups in total. The van der Waals surface area contributed by atoms with Crippen LogP contribution in [0.25, 0.3) is 10.9 Å². The van der Waals surface area contributed by atoms with Crippen LogP contribution in [0.4, 0.5) is 13.2 Å². The van der Waals surface area contributed by atoms with Gasteiger partial charge in [0.25, 0.3) is 5.91 Å². The van der Waals surface area contributed by atoms with Gasteiger partial charge >= 0.3 is 6.18 Å². The predicted molar refractivity (Wildman–Crippen MR) is 107 cm³/mol. The average Bonchev–Trinajstić information content (AvgIpc) is 2.96. The van der Waals surface area contributed by atoms with Crippen molar-refractivity contribution in [1.82, 2.24) is 9.88 Å². The first kappa shape index (κ1) is 21.7. The van der Waals surface area contributed by atoms with Gasteiger partial charge in [0.2, 0.25) is 5.91 Å². The SMILES string of the molecule is COc1ccc2c(c1)c(CC(=O)NCC(F)(F)F)c(C)n2C(=O)c1ccc(Cl)cc1. The maximum absolute atomic E-state index is 13.1.